The van der Waals surface area contributed by atoms with Crippen molar-refractivity contribution in [2.24, 2.45) is 0 Å². The van der Waals surface area contributed by atoms with Crippen molar-refractivity contribution < 1.29 is 9.59 Å². The Morgan fingerprint density at radius 3 is 2.72 bits per heavy atom. The van der Waals surface area contributed by atoms with E-state index in [9.17, 15) is 9.59 Å². The van der Waals surface area contributed by atoms with Crippen molar-refractivity contribution in [1.82, 2.24) is 4.90 Å². The van der Waals surface area contributed by atoms with Gasteiger partial charge in [-0.2, -0.15) is 0 Å². The van der Waals surface area contributed by atoms with Crippen LogP contribution in [0, 0.1) is 6.92 Å². The number of likely N-dealkylation sites (N-methyl/N-ethyl adjacent to an activating group) is 2. The molecule has 1 heterocycles. The Labute approximate surface area is 107 Å². The quantitative estimate of drug-likeness (QED) is 0.744. The summed E-state index contributed by atoms with van der Waals surface area (Å²) in [5, 5.41) is 0. The first-order valence-corrected chi connectivity index (χ1v) is 6.10. The molecule has 1 aromatic rings. The third-order valence-electron chi connectivity index (χ3n) is 3.50. The average molecular weight is 246 g/mol. The summed E-state index contributed by atoms with van der Waals surface area (Å²) >= 11 is 0. The number of hydrogen-bond donors (Lipinski definition) is 0. The predicted molar refractivity (Wildman–Crippen MR) is 70.4 cm³/mol. The molecule has 4 heteroatoms. The highest BCUT2D eigenvalue weighted by atomic mass is 16.2. The third-order valence-corrected chi connectivity index (χ3v) is 3.50. The topological polar surface area (TPSA) is 40.6 Å². The largest absolute Gasteiger partial charge is 0.363 e. The molecule has 0 aliphatic carbocycles. The molecule has 2 rings (SSSR count). The van der Waals surface area contributed by atoms with Gasteiger partial charge in [0.25, 0.3) is 5.91 Å². The molecule has 1 aliphatic rings. The molecule has 1 unspecified atom stereocenters. The van der Waals surface area contributed by atoms with Gasteiger partial charge in [0, 0.05) is 26.2 Å². The monoisotopic (exact) mass is 246 g/mol. The van der Waals surface area contributed by atoms with Gasteiger partial charge in [0.2, 0.25) is 5.91 Å². The maximum absolute atomic E-state index is 12.1. The van der Waals surface area contributed by atoms with E-state index >= 15 is 0 Å². The lowest BCUT2D eigenvalue weighted by Gasteiger charge is -2.35. The minimum atomic E-state index is -0.241. The van der Waals surface area contributed by atoms with Gasteiger partial charge in [0.15, 0.2) is 0 Å². The summed E-state index contributed by atoms with van der Waals surface area (Å²) in [7, 11) is 3.46. The van der Waals surface area contributed by atoms with E-state index in [1.165, 1.54) is 4.90 Å². The van der Waals surface area contributed by atoms with E-state index in [2.05, 4.69) is 0 Å². The molecule has 18 heavy (non-hydrogen) atoms. The van der Waals surface area contributed by atoms with Gasteiger partial charge in [-0.3, -0.25) is 14.5 Å². The number of benzene rings is 1. The number of aryl methyl sites for hydroxylation is 1. The number of anilines is 1. The Hall–Kier alpha value is -1.84. The number of carbonyl (C=O) groups excluding carboxylic acids is 2. The molecule has 1 aliphatic heterocycles. The van der Waals surface area contributed by atoms with Crippen LogP contribution in [0.2, 0.25) is 0 Å². The summed E-state index contributed by atoms with van der Waals surface area (Å²) in [6.07, 6.45) is 1.02. The number of hydrogen-bond acceptors (Lipinski definition) is 3. The first-order chi connectivity index (χ1) is 8.50. The fourth-order valence-electron chi connectivity index (χ4n) is 2.28. The Kier molecular flexibility index (Phi) is 3.36. The summed E-state index contributed by atoms with van der Waals surface area (Å²) in [5.41, 5.74) is 2.17. The smallest absolute Gasteiger partial charge is 0.251 e. The fourth-order valence-corrected chi connectivity index (χ4v) is 2.28. The number of likely N-dealkylation sites (tertiary alicyclic amines) is 1. The summed E-state index contributed by atoms with van der Waals surface area (Å²) in [6, 6.07) is 7.79. The van der Waals surface area contributed by atoms with Crippen LogP contribution in [0.1, 0.15) is 18.4 Å². The molecule has 1 fully saturated rings. The van der Waals surface area contributed by atoms with Gasteiger partial charge in [0.1, 0.15) is 6.04 Å². The van der Waals surface area contributed by atoms with Crippen molar-refractivity contribution in [3.05, 3.63) is 29.8 Å². The SMILES string of the molecule is Cc1cccc(N(C)C2CCC(=O)N(C)C2=O)c1. The molecule has 0 spiro atoms. The number of amides is 2. The maximum atomic E-state index is 12.1. The molecule has 1 atom stereocenters. The van der Waals surface area contributed by atoms with Gasteiger partial charge in [-0.15, -0.1) is 0 Å². The van der Waals surface area contributed by atoms with E-state index in [0.29, 0.717) is 12.8 Å². The van der Waals surface area contributed by atoms with E-state index in [1.807, 2.05) is 43.1 Å². The highest BCUT2D eigenvalue weighted by Crippen LogP contribution is 2.23. The number of imide groups is 1. The average Bonchev–Trinajstić information content (AvgIpc) is 2.35. The van der Waals surface area contributed by atoms with Crippen LogP contribution < -0.4 is 4.90 Å². The summed E-state index contributed by atoms with van der Waals surface area (Å²) in [4.78, 5) is 26.7. The van der Waals surface area contributed by atoms with E-state index in [-0.39, 0.29) is 17.9 Å². The molecule has 0 bridgehead atoms. The zero-order valence-electron chi connectivity index (χ0n) is 11.0. The predicted octanol–water partition coefficient (Wildman–Crippen LogP) is 1.58. The molecule has 0 aromatic heterocycles. The van der Waals surface area contributed by atoms with Gasteiger partial charge >= 0.3 is 0 Å². The highest BCUT2D eigenvalue weighted by molar-refractivity contribution is 6.01. The molecule has 0 radical (unpaired) electrons. The van der Waals surface area contributed by atoms with Gasteiger partial charge in [-0.25, -0.2) is 0 Å². The lowest BCUT2D eigenvalue weighted by atomic mass is 10.0. The Bertz CT molecular complexity index is 484. The van der Waals surface area contributed by atoms with Crippen LogP contribution in [-0.2, 0) is 9.59 Å². The summed E-state index contributed by atoms with van der Waals surface area (Å²) in [6.45, 7) is 2.02. The lowest BCUT2D eigenvalue weighted by Crippen LogP contribution is -2.52. The van der Waals surface area contributed by atoms with Crippen LogP contribution in [-0.4, -0.2) is 36.9 Å². The minimum Gasteiger partial charge on any atom is -0.363 e. The summed E-state index contributed by atoms with van der Waals surface area (Å²) < 4.78 is 0. The normalized spacial score (nSPS) is 20.2. The van der Waals surface area contributed by atoms with Crippen LogP contribution in [0.15, 0.2) is 24.3 Å². The van der Waals surface area contributed by atoms with Crippen LogP contribution >= 0.6 is 0 Å². The second-order valence-electron chi connectivity index (χ2n) is 4.80. The second-order valence-corrected chi connectivity index (χ2v) is 4.80. The molecular formula is C14H18N2O2. The minimum absolute atomic E-state index is 0.0890. The Morgan fingerprint density at radius 2 is 2.06 bits per heavy atom. The molecule has 1 aromatic carbocycles. The van der Waals surface area contributed by atoms with Crippen molar-refractivity contribution in [3.8, 4) is 0 Å². The highest BCUT2D eigenvalue weighted by Gasteiger charge is 2.34. The Balaban J connectivity index is 2.21. The molecule has 0 N–H and O–H groups in total. The van der Waals surface area contributed by atoms with E-state index in [1.54, 1.807) is 7.05 Å². The van der Waals surface area contributed by atoms with Crippen LogP contribution in [0.3, 0.4) is 0 Å². The second kappa shape index (κ2) is 4.80. The van der Waals surface area contributed by atoms with Crippen LogP contribution in [0.25, 0.3) is 0 Å². The molecule has 96 valence electrons. The zero-order chi connectivity index (χ0) is 13.3. The van der Waals surface area contributed by atoms with E-state index in [0.717, 1.165) is 11.3 Å². The van der Waals surface area contributed by atoms with Crippen molar-refractivity contribution in [2.45, 2.75) is 25.8 Å². The van der Waals surface area contributed by atoms with Crippen molar-refractivity contribution >= 4 is 17.5 Å². The zero-order valence-corrected chi connectivity index (χ0v) is 11.0. The van der Waals surface area contributed by atoms with Crippen LogP contribution in [0.4, 0.5) is 5.69 Å². The number of carbonyl (C=O) groups is 2. The van der Waals surface area contributed by atoms with Gasteiger partial charge in [-0.05, 0) is 31.0 Å². The van der Waals surface area contributed by atoms with Gasteiger partial charge in [-0.1, -0.05) is 12.1 Å². The maximum Gasteiger partial charge on any atom is 0.251 e. The van der Waals surface area contributed by atoms with Crippen molar-refractivity contribution in [1.29, 1.82) is 0 Å². The number of piperidine rings is 1. The van der Waals surface area contributed by atoms with Crippen LogP contribution in [0.5, 0.6) is 0 Å². The molecular weight excluding hydrogens is 228 g/mol. The number of rotatable bonds is 2. The lowest BCUT2D eigenvalue weighted by molar-refractivity contribution is -0.147. The molecule has 4 nitrogen and oxygen atoms in total. The van der Waals surface area contributed by atoms with Crippen molar-refractivity contribution in [2.75, 3.05) is 19.0 Å². The third kappa shape index (κ3) is 2.23. The standard InChI is InChI=1S/C14H18N2O2/c1-10-5-4-6-11(9-10)15(2)12-7-8-13(17)16(3)14(12)18/h4-6,9,12H,7-8H2,1-3H3. The Morgan fingerprint density at radius 1 is 1.33 bits per heavy atom. The number of nitrogens with zero attached hydrogens (tertiary/aromatic N) is 2. The van der Waals surface area contributed by atoms with E-state index < -0.39 is 0 Å². The molecule has 1 saturated heterocycles. The van der Waals surface area contributed by atoms with E-state index in [4.69, 9.17) is 0 Å². The van der Waals surface area contributed by atoms with Gasteiger partial charge < -0.3 is 4.90 Å². The fraction of sp³-hybridized carbons (Fsp3) is 0.429. The first kappa shape index (κ1) is 12.6. The first-order valence-electron chi connectivity index (χ1n) is 6.10. The molecule has 0 saturated carbocycles. The van der Waals surface area contributed by atoms with Gasteiger partial charge in [0.05, 0.1) is 0 Å². The van der Waals surface area contributed by atoms with Crippen molar-refractivity contribution in [3.63, 3.8) is 0 Å². The molecule has 2 amide bonds. The summed E-state index contributed by atoms with van der Waals surface area (Å²) in [5.74, 6) is -0.204.